The van der Waals surface area contributed by atoms with Crippen LogP contribution in [-0.4, -0.2) is 35.2 Å². The van der Waals surface area contributed by atoms with E-state index in [4.69, 9.17) is 13.6 Å². The van der Waals surface area contributed by atoms with Gasteiger partial charge >= 0.3 is 11.9 Å². The molecule has 0 aromatic carbocycles. The van der Waals surface area contributed by atoms with Gasteiger partial charge in [0.15, 0.2) is 9.04 Å². The Morgan fingerprint density at radius 2 is 1.50 bits per heavy atom. The van der Waals surface area contributed by atoms with Crippen LogP contribution in [0.25, 0.3) is 0 Å². The van der Waals surface area contributed by atoms with Gasteiger partial charge in [-0.25, -0.2) is 9.59 Å². The molecule has 0 aromatic heterocycles. The fraction of sp³-hybridized carbons (Fsp3) is 0.600. The Bertz CT molecular complexity index is 417. The molecule has 0 radical (unpaired) electrons. The number of rotatable bonds is 9. The summed E-state index contributed by atoms with van der Waals surface area (Å²) in [6.07, 6.45) is 1.04. The lowest BCUT2D eigenvalue weighted by molar-refractivity contribution is -0.171. The number of esters is 2. The summed E-state index contributed by atoms with van der Waals surface area (Å²) in [5, 5.41) is 0. The molecule has 22 heavy (non-hydrogen) atoms. The Hall–Kier alpha value is -1.19. The summed E-state index contributed by atoms with van der Waals surface area (Å²) >= 11 is 0. The molecule has 0 amide bonds. The van der Waals surface area contributed by atoms with Crippen LogP contribution < -0.4 is 0 Å². The molecule has 0 bridgehead atoms. The highest BCUT2D eigenvalue weighted by molar-refractivity contribution is 6.79. The molecular weight excluding hydrogens is 316 g/mol. The molecule has 1 unspecified atom stereocenters. The molecule has 0 heterocycles. The van der Waals surface area contributed by atoms with E-state index in [1.54, 1.807) is 13.8 Å². The van der Waals surface area contributed by atoms with E-state index in [0.29, 0.717) is 0 Å². The van der Waals surface area contributed by atoms with Crippen molar-refractivity contribution < 1.29 is 23.2 Å². The van der Waals surface area contributed by atoms with Gasteiger partial charge in [0.1, 0.15) is 0 Å². The SMILES string of the molecule is C=C(C)C(=O)OC(OC(=O)C(=C)C)[Si](C)(C)O[SiH](C)CCC. The van der Waals surface area contributed by atoms with Crippen LogP contribution in [0, 0.1) is 0 Å². The third-order valence-electron chi connectivity index (χ3n) is 2.89. The molecule has 0 saturated heterocycles. The zero-order valence-electron chi connectivity index (χ0n) is 14.5. The van der Waals surface area contributed by atoms with E-state index in [1.807, 2.05) is 13.1 Å². The predicted molar refractivity (Wildman–Crippen MR) is 92.3 cm³/mol. The van der Waals surface area contributed by atoms with Crippen LogP contribution in [0.4, 0.5) is 0 Å². The molecule has 0 spiro atoms. The molecule has 0 aliphatic heterocycles. The standard InChI is InChI=1S/C15H28O5Si2/c1-9-10-21(6)20-22(7,8)15(18-13(16)11(2)3)19-14(17)12(4)5/h15,21H,2,4,9-10H2,1,3,5-8H3. The Labute approximate surface area is 136 Å². The van der Waals surface area contributed by atoms with Crippen molar-refractivity contribution in [2.75, 3.05) is 0 Å². The fourth-order valence-corrected chi connectivity index (χ4v) is 8.40. The van der Waals surface area contributed by atoms with Gasteiger partial charge in [0.25, 0.3) is 14.2 Å². The van der Waals surface area contributed by atoms with Gasteiger partial charge in [-0.2, -0.15) is 0 Å². The zero-order chi connectivity index (χ0) is 17.5. The summed E-state index contributed by atoms with van der Waals surface area (Å²) in [7, 11) is -3.95. The average Bonchev–Trinajstić information content (AvgIpc) is 2.36. The first-order valence-corrected chi connectivity index (χ1v) is 12.8. The van der Waals surface area contributed by atoms with Gasteiger partial charge in [-0.05, 0) is 39.5 Å². The molecule has 0 aliphatic rings. The van der Waals surface area contributed by atoms with E-state index in [2.05, 4.69) is 26.6 Å². The van der Waals surface area contributed by atoms with Crippen LogP contribution in [0.2, 0.25) is 25.7 Å². The van der Waals surface area contributed by atoms with Gasteiger partial charge in [-0.3, -0.25) is 0 Å². The molecule has 0 rings (SSSR count). The molecule has 5 nitrogen and oxygen atoms in total. The first-order chi connectivity index (χ1) is 10.0. The van der Waals surface area contributed by atoms with E-state index in [1.165, 1.54) is 0 Å². The number of carbonyl (C=O) groups excluding carboxylic acids is 2. The molecular formula is C15H28O5Si2. The highest BCUT2D eigenvalue weighted by atomic mass is 28.4. The first-order valence-electron chi connectivity index (χ1n) is 7.42. The molecule has 0 aliphatic carbocycles. The maximum atomic E-state index is 11.8. The Balaban J connectivity index is 5.17. The number of carbonyl (C=O) groups is 2. The van der Waals surface area contributed by atoms with Crippen LogP contribution in [0.3, 0.4) is 0 Å². The second-order valence-corrected chi connectivity index (χ2v) is 12.8. The maximum absolute atomic E-state index is 11.8. The molecule has 0 saturated carbocycles. The van der Waals surface area contributed by atoms with Crippen molar-refractivity contribution in [2.24, 2.45) is 0 Å². The lowest BCUT2D eigenvalue weighted by Crippen LogP contribution is -2.52. The lowest BCUT2D eigenvalue weighted by Gasteiger charge is -2.33. The van der Waals surface area contributed by atoms with Crippen LogP contribution in [0.1, 0.15) is 27.2 Å². The summed E-state index contributed by atoms with van der Waals surface area (Å²) in [5.41, 5.74) is 0.500. The molecule has 126 valence electrons. The van der Waals surface area contributed by atoms with Gasteiger partial charge in [-0.1, -0.05) is 26.5 Å². The minimum atomic E-state index is -2.56. The summed E-state index contributed by atoms with van der Waals surface area (Å²) in [4.78, 5) is 23.6. The highest BCUT2D eigenvalue weighted by Gasteiger charge is 2.41. The van der Waals surface area contributed by atoms with Gasteiger partial charge < -0.3 is 13.6 Å². The lowest BCUT2D eigenvalue weighted by atomic mass is 10.4. The Morgan fingerprint density at radius 3 is 1.82 bits per heavy atom. The Morgan fingerprint density at radius 1 is 1.09 bits per heavy atom. The third kappa shape index (κ3) is 7.19. The smallest absolute Gasteiger partial charge is 0.336 e. The third-order valence-corrected chi connectivity index (χ3v) is 9.69. The minimum absolute atomic E-state index is 0.250. The number of hydrogen-bond acceptors (Lipinski definition) is 5. The number of hydrogen-bond donors (Lipinski definition) is 0. The second kappa shape index (κ2) is 9.07. The summed E-state index contributed by atoms with van der Waals surface area (Å²) in [5.74, 6) is -2.19. The first kappa shape index (κ1) is 20.8. The maximum Gasteiger partial charge on any atom is 0.336 e. The van der Waals surface area contributed by atoms with E-state index in [0.717, 1.165) is 12.5 Å². The van der Waals surface area contributed by atoms with E-state index >= 15 is 0 Å². The summed E-state index contributed by atoms with van der Waals surface area (Å²) in [6, 6.07) is 1.02. The fourth-order valence-electron chi connectivity index (χ4n) is 1.74. The van der Waals surface area contributed by atoms with Crippen LogP contribution in [0.5, 0.6) is 0 Å². The van der Waals surface area contributed by atoms with Crippen molar-refractivity contribution in [3.8, 4) is 0 Å². The normalized spacial score (nSPS) is 12.7. The van der Waals surface area contributed by atoms with Crippen LogP contribution >= 0.6 is 0 Å². The monoisotopic (exact) mass is 344 g/mol. The molecule has 0 fully saturated rings. The average molecular weight is 345 g/mol. The summed E-state index contributed by atoms with van der Waals surface area (Å²) < 4.78 is 16.8. The molecule has 7 heteroatoms. The second-order valence-electron chi connectivity index (χ2n) is 6.02. The quantitative estimate of drug-likeness (QED) is 0.278. The van der Waals surface area contributed by atoms with Gasteiger partial charge in [0.2, 0.25) is 0 Å². The van der Waals surface area contributed by atoms with Gasteiger partial charge in [0.05, 0.1) is 0 Å². The zero-order valence-corrected chi connectivity index (χ0v) is 16.7. The van der Waals surface area contributed by atoms with Crippen LogP contribution in [0.15, 0.2) is 24.3 Å². The Kier molecular flexibility index (Phi) is 8.58. The molecule has 0 N–H and O–H groups in total. The van der Waals surface area contributed by atoms with Gasteiger partial charge in [-0.15, -0.1) is 0 Å². The minimum Gasteiger partial charge on any atom is -0.453 e. The van der Waals surface area contributed by atoms with E-state index in [9.17, 15) is 9.59 Å². The van der Waals surface area contributed by atoms with E-state index in [-0.39, 0.29) is 11.1 Å². The highest BCUT2D eigenvalue weighted by Crippen LogP contribution is 2.20. The topological polar surface area (TPSA) is 61.8 Å². The van der Waals surface area contributed by atoms with Gasteiger partial charge in [0, 0.05) is 11.1 Å². The van der Waals surface area contributed by atoms with E-state index < -0.39 is 35.2 Å². The largest absolute Gasteiger partial charge is 0.453 e. The van der Waals surface area contributed by atoms with Crippen LogP contribution in [-0.2, 0) is 23.2 Å². The number of ether oxygens (including phenoxy) is 2. The van der Waals surface area contributed by atoms with Crippen molar-refractivity contribution in [3.05, 3.63) is 24.3 Å². The predicted octanol–water partition coefficient (Wildman–Crippen LogP) is 3.08. The van der Waals surface area contributed by atoms with Crippen molar-refractivity contribution in [3.63, 3.8) is 0 Å². The van der Waals surface area contributed by atoms with Crippen molar-refractivity contribution >= 4 is 29.3 Å². The molecule has 1 atom stereocenters. The summed E-state index contributed by atoms with van der Waals surface area (Å²) in [6.45, 7) is 18.1. The van der Waals surface area contributed by atoms with Crippen molar-refractivity contribution in [2.45, 2.75) is 58.8 Å². The van der Waals surface area contributed by atoms with Crippen molar-refractivity contribution in [1.29, 1.82) is 0 Å². The van der Waals surface area contributed by atoms with Crippen molar-refractivity contribution in [1.82, 2.24) is 0 Å². The molecule has 0 aromatic rings.